The van der Waals surface area contributed by atoms with E-state index in [4.69, 9.17) is 14.2 Å². The first-order valence-electron chi connectivity index (χ1n) is 5.96. The Labute approximate surface area is 106 Å². The van der Waals surface area contributed by atoms with E-state index in [0.29, 0.717) is 24.7 Å². The second-order valence-electron chi connectivity index (χ2n) is 4.00. The molecular weight excluding hydrogens is 234 g/mol. The van der Waals surface area contributed by atoms with Crippen LogP contribution >= 0.6 is 0 Å². The average molecular weight is 251 g/mol. The number of methoxy groups -OCH3 is 1. The Kier molecular flexibility index (Phi) is 4.41. The van der Waals surface area contributed by atoms with Gasteiger partial charge in [0, 0.05) is 20.3 Å². The van der Waals surface area contributed by atoms with Crippen molar-refractivity contribution in [1.82, 2.24) is 5.32 Å². The molecule has 0 saturated carbocycles. The predicted molar refractivity (Wildman–Crippen MR) is 65.9 cm³/mol. The van der Waals surface area contributed by atoms with Gasteiger partial charge in [-0.05, 0) is 18.6 Å². The highest BCUT2D eigenvalue weighted by Gasteiger charge is 2.26. The van der Waals surface area contributed by atoms with Crippen LogP contribution in [0.4, 0.5) is 0 Å². The third-order valence-electron chi connectivity index (χ3n) is 2.63. The fourth-order valence-corrected chi connectivity index (χ4v) is 1.69. The van der Waals surface area contributed by atoms with Gasteiger partial charge in [0.2, 0.25) is 6.10 Å². The summed E-state index contributed by atoms with van der Waals surface area (Å²) in [6, 6.07) is 7.33. The average Bonchev–Trinajstić information content (AvgIpc) is 2.43. The molecule has 0 bridgehead atoms. The van der Waals surface area contributed by atoms with Gasteiger partial charge < -0.3 is 19.5 Å². The monoisotopic (exact) mass is 251 g/mol. The van der Waals surface area contributed by atoms with E-state index in [9.17, 15) is 4.79 Å². The molecule has 1 heterocycles. The first kappa shape index (κ1) is 12.7. The topological polar surface area (TPSA) is 56.8 Å². The summed E-state index contributed by atoms with van der Waals surface area (Å²) in [4.78, 5) is 11.8. The first-order valence-corrected chi connectivity index (χ1v) is 5.96. The van der Waals surface area contributed by atoms with Gasteiger partial charge in [-0.25, -0.2) is 0 Å². The van der Waals surface area contributed by atoms with E-state index in [-0.39, 0.29) is 12.5 Å². The van der Waals surface area contributed by atoms with E-state index in [1.807, 2.05) is 18.2 Å². The Bertz CT molecular complexity index is 408. The minimum Gasteiger partial charge on any atom is -0.485 e. The zero-order valence-electron chi connectivity index (χ0n) is 10.3. The molecule has 1 atom stereocenters. The fourth-order valence-electron chi connectivity index (χ4n) is 1.69. The SMILES string of the molecule is COCCCNC(=O)C1COc2ccccc2O1. The molecule has 5 heteroatoms. The van der Waals surface area contributed by atoms with Gasteiger partial charge in [-0.15, -0.1) is 0 Å². The van der Waals surface area contributed by atoms with Gasteiger partial charge in [0.05, 0.1) is 0 Å². The van der Waals surface area contributed by atoms with Crippen LogP contribution in [-0.2, 0) is 9.53 Å². The van der Waals surface area contributed by atoms with Gasteiger partial charge in [0.15, 0.2) is 11.5 Å². The quantitative estimate of drug-likeness (QED) is 0.793. The van der Waals surface area contributed by atoms with E-state index in [1.165, 1.54) is 0 Å². The number of hydrogen-bond acceptors (Lipinski definition) is 4. The molecule has 1 aromatic carbocycles. The third kappa shape index (κ3) is 3.13. The second kappa shape index (κ2) is 6.26. The molecule has 1 N–H and O–H groups in total. The number of ether oxygens (including phenoxy) is 3. The minimum absolute atomic E-state index is 0.152. The van der Waals surface area contributed by atoms with Crippen molar-refractivity contribution in [2.45, 2.75) is 12.5 Å². The standard InChI is InChI=1S/C13H17NO4/c1-16-8-4-7-14-13(15)12-9-17-10-5-2-3-6-11(10)18-12/h2-3,5-6,12H,4,7-9H2,1H3,(H,14,15). The van der Waals surface area contributed by atoms with Gasteiger partial charge in [-0.2, -0.15) is 0 Å². The van der Waals surface area contributed by atoms with E-state index >= 15 is 0 Å². The first-order chi connectivity index (χ1) is 8.81. The van der Waals surface area contributed by atoms with Crippen molar-refractivity contribution >= 4 is 5.91 Å². The number of fused-ring (bicyclic) bond motifs is 1. The Morgan fingerprint density at radius 3 is 3.00 bits per heavy atom. The van der Waals surface area contributed by atoms with Gasteiger partial charge in [0.1, 0.15) is 6.61 Å². The Balaban J connectivity index is 1.83. The molecule has 5 nitrogen and oxygen atoms in total. The van der Waals surface area contributed by atoms with Crippen molar-refractivity contribution in [2.24, 2.45) is 0 Å². The number of rotatable bonds is 5. The molecule has 2 rings (SSSR count). The van der Waals surface area contributed by atoms with Crippen LogP contribution in [0.3, 0.4) is 0 Å². The summed E-state index contributed by atoms with van der Waals surface area (Å²) in [6.07, 6.45) is 0.203. The van der Waals surface area contributed by atoms with Crippen molar-refractivity contribution in [3.8, 4) is 11.5 Å². The molecule has 98 valence electrons. The van der Waals surface area contributed by atoms with Crippen LogP contribution in [0.15, 0.2) is 24.3 Å². The number of carbonyl (C=O) groups excluding carboxylic acids is 1. The summed E-state index contributed by atoms with van der Waals surface area (Å²) in [5.74, 6) is 1.14. The summed E-state index contributed by atoms with van der Waals surface area (Å²) in [6.45, 7) is 1.45. The molecule has 0 saturated heterocycles. The van der Waals surface area contributed by atoms with Gasteiger partial charge in [-0.1, -0.05) is 12.1 Å². The molecule has 1 aliphatic rings. The lowest BCUT2D eigenvalue weighted by molar-refractivity contribution is -0.130. The van der Waals surface area contributed by atoms with Gasteiger partial charge in [0.25, 0.3) is 5.91 Å². The molecule has 0 spiro atoms. The van der Waals surface area contributed by atoms with E-state index in [0.717, 1.165) is 6.42 Å². The minimum atomic E-state index is -0.581. The molecular formula is C13H17NO4. The largest absolute Gasteiger partial charge is 0.485 e. The number of carbonyl (C=O) groups is 1. The molecule has 1 aromatic rings. The van der Waals surface area contributed by atoms with Crippen molar-refractivity contribution in [2.75, 3.05) is 26.9 Å². The molecule has 1 amide bonds. The maximum Gasteiger partial charge on any atom is 0.264 e. The molecule has 0 aliphatic carbocycles. The van der Waals surface area contributed by atoms with Crippen LogP contribution in [-0.4, -0.2) is 38.9 Å². The van der Waals surface area contributed by atoms with Crippen LogP contribution in [0.25, 0.3) is 0 Å². The molecule has 0 aromatic heterocycles. The summed E-state index contributed by atoms with van der Waals surface area (Å²) in [7, 11) is 1.64. The number of nitrogens with one attached hydrogen (secondary N) is 1. The Morgan fingerprint density at radius 2 is 2.22 bits per heavy atom. The van der Waals surface area contributed by atoms with Crippen LogP contribution < -0.4 is 14.8 Å². The highest BCUT2D eigenvalue weighted by Crippen LogP contribution is 2.30. The van der Waals surface area contributed by atoms with Crippen molar-refractivity contribution in [1.29, 1.82) is 0 Å². The summed E-state index contributed by atoms with van der Waals surface area (Å²) >= 11 is 0. The zero-order valence-corrected chi connectivity index (χ0v) is 10.3. The van der Waals surface area contributed by atoms with Gasteiger partial charge in [-0.3, -0.25) is 4.79 Å². The third-order valence-corrected chi connectivity index (χ3v) is 2.63. The molecule has 18 heavy (non-hydrogen) atoms. The number of para-hydroxylation sites is 2. The lowest BCUT2D eigenvalue weighted by Gasteiger charge is -2.25. The summed E-state index contributed by atoms with van der Waals surface area (Å²) in [5.41, 5.74) is 0. The Hall–Kier alpha value is -1.75. The Morgan fingerprint density at radius 1 is 1.44 bits per heavy atom. The van der Waals surface area contributed by atoms with Crippen molar-refractivity contribution < 1.29 is 19.0 Å². The smallest absolute Gasteiger partial charge is 0.264 e. The second-order valence-corrected chi connectivity index (χ2v) is 4.00. The summed E-state index contributed by atoms with van der Waals surface area (Å²) in [5, 5.41) is 2.79. The molecule has 0 radical (unpaired) electrons. The van der Waals surface area contributed by atoms with Crippen LogP contribution in [0.2, 0.25) is 0 Å². The van der Waals surface area contributed by atoms with Crippen LogP contribution in [0, 0.1) is 0 Å². The molecule has 0 fully saturated rings. The summed E-state index contributed by atoms with van der Waals surface area (Å²) < 4.78 is 16.0. The highest BCUT2D eigenvalue weighted by molar-refractivity contribution is 5.81. The van der Waals surface area contributed by atoms with Crippen molar-refractivity contribution in [3.63, 3.8) is 0 Å². The fraction of sp³-hybridized carbons (Fsp3) is 0.462. The van der Waals surface area contributed by atoms with Crippen molar-refractivity contribution in [3.05, 3.63) is 24.3 Å². The molecule has 1 unspecified atom stereocenters. The molecule has 1 aliphatic heterocycles. The van der Waals surface area contributed by atoms with Gasteiger partial charge >= 0.3 is 0 Å². The van der Waals surface area contributed by atoms with E-state index < -0.39 is 6.10 Å². The normalized spacial score (nSPS) is 17.3. The highest BCUT2D eigenvalue weighted by atomic mass is 16.6. The van der Waals surface area contributed by atoms with E-state index in [2.05, 4.69) is 5.32 Å². The predicted octanol–water partition coefficient (Wildman–Crippen LogP) is 0.979. The maximum atomic E-state index is 11.8. The number of hydrogen-bond donors (Lipinski definition) is 1. The zero-order chi connectivity index (χ0) is 12.8. The van der Waals surface area contributed by atoms with Crippen LogP contribution in [0.1, 0.15) is 6.42 Å². The maximum absolute atomic E-state index is 11.8. The lowest BCUT2D eigenvalue weighted by atomic mass is 10.2. The number of benzene rings is 1. The van der Waals surface area contributed by atoms with E-state index in [1.54, 1.807) is 13.2 Å². The number of amides is 1. The van der Waals surface area contributed by atoms with Crippen LogP contribution in [0.5, 0.6) is 11.5 Å². The lowest BCUT2D eigenvalue weighted by Crippen LogP contribution is -2.44.